The smallest absolute Gasteiger partial charge is 0.260 e. The monoisotopic (exact) mass is 418 g/mol. The van der Waals surface area contributed by atoms with Crippen LogP contribution in [0.25, 0.3) is 5.82 Å². The van der Waals surface area contributed by atoms with E-state index in [9.17, 15) is 9.90 Å². The van der Waals surface area contributed by atoms with E-state index in [4.69, 9.17) is 4.74 Å². The number of hydrogen-bond acceptors (Lipinski definition) is 5. The van der Waals surface area contributed by atoms with Crippen molar-refractivity contribution in [2.45, 2.75) is 51.2 Å². The van der Waals surface area contributed by atoms with E-state index >= 15 is 0 Å². The molecule has 7 heteroatoms. The van der Waals surface area contributed by atoms with Gasteiger partial charge in [-0.3, -0.25) is 9.69 Å². The molecule has 1 aliphatic heterocycles. The summed E-state index contributed by atoms with van der Waals surface area (Å²) in [6.45, 7) is 2.23. The van der Waals surface area contributed by atoms with Crippen LogP contribution in [0.4, 0.5) is 0 Å². The third-order valence-corrected chi connectivity index (χ3v) is 6.33. The Hall–Kier alpha value is -3.19. The summed E-state index contributed by atoms with van der Waals surface area (Å²) in [5, 5.41) is 14.6. The number of fused-ring (bicyclic) bond motifs is 1. The maximum Gasteiger partial charge on any atom is 0.260 e. The van der Waals surface area contributed by atoms with Crippen molar-refractivity contribution >= 4 is 5.91 Å². The van der Waals surface area contributed by atoms with Gasteiger partial charge in [-0.15, -0.1) is 0 Å². The van der Waals surface area contributed by atoms with Crippen LogP contribution in [0, 0.1) is 6.92 Å². The largest absolute Gasteiger partial charge is 0.472 e. The van der Waals surface area contributed by atoms with Crippen molar-refractivity contribution in [1.29, 1.82) is 0 Å². The number of benzene rings is 1. The van der Waals surface area contributed by atoms with Crippen molar-refractivity contribution < 1.29 is 14.6 Å². The molecule has 2 aliphatic rings. The Morgan fingerprint density at radius 1 is 1.23 bits per heavy atom. The Balaban J connectivity index is 1.38. The summed E-state index contributed by atoms with van der Waals surface area (Å²) in [6.07, 6.45) is 9.21. The lowest BCUT2D eigenvalue weighted by Crippen LogP contribution is -2.51. The number of ether oxygens (including phenoxy) is 1. The fourth-order valence-corrected chi connectivity index (χ4v) is 4.54. The number of aliphatic hydroxyl groups is 1. The van der Waals surface area contributed by atoms with Crippen molar-refractivity contribution in [3.63, 3.8) is 0 Å². The number of aromatic nitrogens is 3. The highest BCUT2D eigenvalue weighted by Crippen LogP contribution is 2.33. The number of rotatable bonds is 4. The topological polar surface area (TPSA) is 80.5 Å². The van der Waals surface area contributed by atoms with Crippen LogP contribution < -0.4 is 4.74 Å². The van der Waals surface area contributed by atoms with Gasteiger partial charge < -0.3 is 9.84 Å². The first-order chi connectivity index (χ1) is 15.1. The van der Waals surface area contributed by atoms with E-state index in [1.807, 2.05) is 49.6 Å². The van der Waals surface area contributed by atoms with Gasteiger partial charge in [0.25, 0.3) is 5.91 Å². The van der Waals surface area contributed by atoms with E-state index in [0.717, 1.165) is 48.2 Å². The Morgan fingerprint density at radius 2 is 2.10 bits per heavy atom. The van der Waals surface area contributed by atoms with Crippen LogP contribution in [-0.4, -0.2) is 49.6 Å². The Kier molecular flexibility index (Phi) is 5.19. The van der Waals surface area contributed by atoms with Gasteiger partial charge >= 0.3 is 0 Å². The summed E-state index contributed by atoms with van der Waals surface area (Å²) >= 11 is 0. The molecule has 5 rings (SSSR count). The van der Waals surface area contributed by atoms with Gasteiger partial charge in [0.2, 0.25) is 0 Å². The third kappa shape index (κ3) is 3.81. The van der Waals surface area contributed by atoms with E-state index in [1.54, 1.807) is 15.8 Å². The SMILES string of the molecule is Cc1cc2c(cc1Cc1ccc(-n3cccn3)nc1)C(=O)N([C@H]1CCCC[C@@H]1O)CO2. The molecule has 2 atom stereocenters. The Labute approximate surface area is 181 Å². The fourth-order valence-electron chi connectivity index (χ4n) is 4.54. The molecule has 1 aromatic carbocycles. The molecule has 3 aromatic rings. The first-order valence-corrected chi connectivity index (χ1v) is 10.8. The molecule has 1 N–H and O–H groups in total. The highest BCUT2D eigenvalue weighted by Gasteiger charge is 2.36. The van der Waals surface area contributed by atoms with Gasteiger partial charge in [0.1, 0.15) is 5.75 Å². The number of hydrogen-bond donors (Lipinski definition) is 1. The maximum atomic E-state index is 13.3. The van der Waals surface area contributed by atoms with Crippen molar-refractivity contribution in [3.8, 4) is 11.6 Å². The molecule has 1 aliphatic carbocycles. The minimum Gasteiger partial charge on any atom is -0.472 e. The van der Waals surface area contributed by atoms with Gasteiger partial charge in [0, 0.05) is 18.6 Å². The second-order valence-electron chi connectivity index (χ2n) is 8.39. The molecule has 0 spiro atoms. The zero-order valence-corrected chi connectivity index (χ0v) is 17.6. The van der Waals surface area contributed by atoms with Gasteiger partial charge in [-0.05, 0) is 67.1 Å². The van der Waals surface area contributed by atoms with Crippen molar-refractivity contribution in [1.82, 2.24) is 19.7 Å². The molecule has 3 heterocycles. The molecule has 0 unspecified atom stereocenters. The molecular formula is C24H26N4O3. The maximum absolute atomic E-state index is 13.3. The number of amides is 1. The molecule has 7 nitrogen and oxygen atoms in total. The molecule has 2 aromatic heterocycles. The number of aryl methyl sites for hydroxylation is 1. The van der Waals surface area contributed by atoms with Crippen LogP contribution in [0.2, 0.25) is 0 Å². The highest BCUT2D eigenvalue weighted by atomic mass is 16.5. The Bertz CT molecular complexity index is 1080. The summed E-state index contributed by atoms with van der Waals surface area (Å²) in [6, 6.07) is 9.56. The van der Waals surface area contributed by atoms with E-state index < -0.39 is 6.10 Å². The van der Waals surface area contributed by atoms with Crippen LogP contribution in [0.5, 0.6) is 5.75 Å². The molecule has 1 amide bonds. The van der Waals surface area contributed by atoms with E-state index in [2.05, 4.69) is 10.1 Å². The van der Waals surface area contributed by atoms with Gasteiger partial charge in [0.15, 0.2) is 12.5 Å². The van der Waals surface area contributed by atoms with Gasteiger partial charge in [-0.25, -0.2) is 9.67 Å². The first kappa shape index (κ1) is 19.8. The minimum absolute atomic E-state index is 0.0550. The molecule has 1 saturated carbocycles. The quantitative estimate of drug-likeness (QED) is 0.703. The van der Waals surface area contributed by atoms with Gasteiger partial charge in [-0.1, -0.05) is 18.9 Å². The summed E-state index contributed by atoms with van der Waals surface area (Å²) < 4.78 is 7.64. The number of carbonyl (C=O) groups is 1. The summed E-state index contributed by atoms with van der Waals surface area (Å²) in [5.41, 5.74) is 3.78. The van der Waals surface area contributed by atoms with Crippen molar-refractivity contribution in [3.05, 3.63) is 71.2 Å². The predicted molar refractivity (Wildman–Crippen MR) is 115 cm³/mol. The van der Waals surface area contributed by atoms with Crippen LogP contribution in [0.15, 0.2) is 48.9 Å². The molecule has 1 fully saturated rings. The highest BCUT2D eigenvalue weighted by molar-refractivity contribution is 5.98. The molecule has 31 heavy (non-hydrogen) atoms. The minimum atomic E-state index is -0.479. The fraction of sp³-hybridized carbons (Fsp3) is 0.375. The lowest BCUT2D eigenvalue weighted by Gasteiger charge is -2.39. The Morgan fingerprint density at radius 3 is 2.84 bits per heavy atom. The second kappa shape index (κ2) is 8.15. The standard InChI is InChI=1S/C24H26N4O3/c1-16-11-22-19(24(30)27(15-31-22)20-5-2-3-6-21(20)29)13-18(16)12-17-7-8-23(25-14-17)28-10-4-9-26-28/h4,7-11,13-14,20-21,29H,2-3,5-6,12,15H2,1H3/t20-,21-/m0/s1. The van der Waals surface area contributed by atoms with Crippen LogP contribution in [0.1, 0.15) is 52.7 Å². The molecular weight excluding hydrogens is 392 g/mol. The first-order valence-electron chi connectivity index (χ1n) is 10.8. The van der Waals surface area contributed by atoms with Crippen LogP contribution >= 0.6 is 0 Å². The lowest BCUT2D eigenvalue weighted by atomic mass is 9.90. The van der Waals surface area contributed by atoms with E-state index in [1.165, 1.54) is 0 Å². The summed E-state index contributed by atoms with van der Waals surface area (Å²) in [7, 11) is 0. The van der Waals surface area contributed by atoms with Crippen molar-refractivity contribution in [2.75, 3.05) is 6.73 Å². The molecule has 0 bridgehead atoms. The van der Waals surface area contributed by atoms with E-state index in [-0.39, 0.29) is 18.7 Å². The van der Waals surface area contributed by atoms with Crippen molar-refractivity contribution in [2.24, 2.45) is 0 Å². The number of pyridine rings is 1. The number of carbonyl (C=O) groups excluding carboxylic acids is 1. The molecule has 0 saturated heterocycles. The predicted octanol–water partition coefficient (Wildman–Crippen LogP) is 3.26. The van der Waals surface area contributed by atoms with Crippen LogP contribution in [-0.2, 0) is 6.42 Å². The number of nitrogens with zero attached hydrogens (tertiary/aromatic N) is 4. The van der Waals surface area contributed by atoms with Gasteiger partial charge in [0.05, 0.1) is 17.7 Å². The molecule has 0 radical (unpaired) electrons. The van der Waals surface area contributed by atoms with E-state index in [0.29, 0.717) is 17.7 Å². The van der Waals surface area contributed by atoms with Crippen LogP contribution in [0.3, 0.4) is 0 Å². The lowest BCUT2D eigenvalue weighted by molar-refractivity contribution is -0.0124. The summed E-state index contributed by atoms with van der Waals surface area (Å²) in [5.74, 6) is 1.33. The summed E-state index contributed by atoms with van der Waals surface area (Å²) in [4.78, 5) is 19.5. The third-order valence-electron chi connectivity index (χ3n) is 6.33. The zero-order valence-electron chi connectivity index (χ0n) is 17.6. The second-order valence-corrected chi connectivity index (χ2v) is 8.39. The van der Waals surface area contributed by atoms with Gasteiger partial charge in [-0.2, -0.15) is 5.10 Å². The number of aliphatic hydroxyl groups excluding tert-OH is 1. The molecule has 160 valence electrons. The normalized spacial score (nSPS) is 21.0. The zero-order chi connectivity index (χ0) is 21.4. The average molecular weight is 418 g/mol. The average Bonchev–Trinajstić information content (AvgIpc) is 3.31.